The van der Waals surface area contributed by atoms with Crippen LogP contribution < -0.4 is 0 Å². The zero-order chi connectivity index (χ0) is 12.8. The quantitative estimate of drug-likeness (QED) is 0.824. The van der Waals surface area contributed by atoms with Gasteiger partial charge in [-0.1, -0.05) is 36.8 Å². The van der Waals surface area contributed by atoms with E-state index >= 15 is 0 Å². The maximum atomic E-state index is 10.8. The first-order valence-electron chi connectivity index (χ1n) is 6.04. The molecule has 1 aromatic rings. The van der Waals surface area contributed by atoms with Crippen molar-refractivity contribution in [3.8, 4) is 0 Å². The summed E-state index contributed by atoms with van der Waals surface area (Å²) >= 11 is 0. The molecule has 0 aromatic heterocycles. The van der Waals surface area contributed by atoms with E-state index < -0.39 is 5.97 Å². The number of carbonyl (C=O) groups is 1. The van der Waals surface area contributed by atoms with Gasteiger partial charge in [0.15, 0.2) is 0 Å². The molecule has 3 heteroatoms. The van der Waals surface area contributed by atoms with Gasteiger partial charge in [-0.25, -0.2) is 0 Å². The molecule has 17 heavy (non-hydrogen) atoms. The third kappa shape index (κ3) is 4.57. The predicted molar refractivity (Wildman–Crippen MR) is 69.0 cm³/mol. The van der Waals surface area contributed by atoms with Crippen molar-refractivity contribution in [2.45, 2.75) is 39.8 Å². The summed E-state index contributed by atoms with van der Waals surface area (Å²) in [6.45, 7) is 6.99. The highest BCUT2D eigenvalue weighted by Gasteiger charge is 2.15. The van der Waals surface area contributed by atoms with Crippen LogP contribution in [-0.4, -0.2) is 28.6 Å². The molecule has 0 bridgehead atoms. The maximum Gasteiger partial charge on any atom is 0.317 e. The molecular formula is C14H21NO2. The number of rotatable bonds is 6. The smallest absolute Gasteiger partial charge is 0.317 e. The fraction of sp³-hybridized carbons (Fsp3) is 0.500. The highest BCUT2D eigenvalue weighted by molar-refractivity contribution is 5.69. The summed E-state index contributed by atoms with van der Waals surface area (Å²) < 4.78 is 0. The number of nitrogens with zero attached hydrogens (tertiary/aromatic N) is 1. The largest absolute Gasteiger partial charge is 0.480 e. The standard InChI is InChI=1S/C14H21NO2/c1-4-12(3)15(10-14(16)17)9-13-7-5-11(2)6-8-13/h5-8,12H,4,9-10H2,1-3H3,(H,16,17). The molecule has 0 amide bonds. The van der Waals surface area contributed by atoms with E-state index in [0.29, 0.717) is 6.54 Å². The van der Waals surface area contributed by atoms with Crippen molar-refractivity contribution in [1.29, 1.82) is 0 Å². The molecule has 0 radical (unpaired) electrons. The third-order valence-electron chi connectivity index (χ3n) is 3.06. The minimum absolute atomic E-state index is 0.100. The first kappa shape index (κ1) is 13.7. The van der Waals surface area contributed by atoms with Crippen LogP contribution in [0, 0.1) is 6.92 Å². The minimum atomic E-state index is -0.766. The van der Waals surface area contributed by atoms with E-state index in [9.17, 15) is 4.79 Å². The second kappa shape index (κ2) is 6.40. The molecule has 0 aliphatic heterocycles. The van der Waals surface area contributed by atoms with Gasteiger partial charge in [0, 0.05) is 12.6 Å². The third-order valence-corrected chi connectivity index (χ3v) is 3.06. The van der Waals surface area contributed by atoms with Crippen molar-refractivity contribution < 1.29 is 9.90 Å². The number of carboxylic acid groups (broad SMARTS) is 1. The van der Waals surface area contributed by atoms with Crippen LogP contribution in [-0.2, 0) is 11.3 Å². The summed E-state index contributed by atoms with van der Waals surface area (Å²) in [6, 6.07) is 8.53. The number of hydrogen-bond acceptors (Lipinski definition) is 2. The first-order valence-corrected chi connectivity index (χ1v) is 6.04. The van der Waals surface area contributed by atoms with Gasteiger partial charge in [-0.15, -0.1) is 0 Å². The Hall–Kier alpha value is -1.35. The zero-order valence-corrected chi connectivity index (χ0v) is 10.8. The fourth-order valence-corrected chi connectivity index (χ4v) is 1.73. The molecule has 94 valence electrons. The van der Waals surface area contributed by atoms with Gasteiger partial charge in [0.25, 0.3) is 0 Å². The molecule has 0 aliphatic carbocycles. The van der Waals surface area contributed by atoms with Crippen LogP contribution >= 0.6 is 0 Å². The van der Waals surface area contributed by atoms with E-state index in [1.165, 1.54) is 5.56 Å². The van der Waals surface area contributed by atoms with Crippen molar-refractivity contribution in [3.63, 3.8) is 0 Å². The topological polar surface area (TPSA) is 40.5 Å². The van der Waals surface area contributed by atoms with Gasteiger partial charge >= 0.3 is 5.97 Å². The average molecular weight is 235 g/mol. The fourth-order valence-electron chi connectivity index (χ4n) is 1.73. The van der Waals surface area contributed by atoms with E-state index in [0.717, 1.165) is 12.0 Å². The normalized spacial score (nSPS) is 12.7. The Morgan fingerprint density at radius 1 is 1.35 bits per heavy atom. The van der Waals surface area contributed by atoms with Crippen LogP contribution in [0.4, 0.5) is 0 Å². The highest BCUT2D eigenvalue weighted by atomic mass is 16.4. The van der Waals surface area contributed by atoms with Crippen LogP contribution in [0.25, 0.3) is 0 Å². The molecule has 0 saturated heterocycles. The number of carboxylic acids is 1. The van der Waals surface area contributed by atoms with E-state index in [1.807, 2.05) is 11.8 Å². The van der Waals surface area contributed by atoms with Crippen LogP contribution in [0.3, 0.4) is 0 Å². The van der Waals surface area contributed by atoms with Crippen LogP contribution in [0.5, 0.6) is 0 Å². The maximum absolute atomic E-state index is 10.8. The van der Waals surface area contributed by atoms with E-state index in [-0.39, 0.29) is 12.6 Å². The van der Waals surface area contributed by atoms with Gasteiger partial charge in [-0.2, -0.15) is 0 Å². The molecule has 0 heterocycles. The molecule has 1 aromatic carbocycles. The summed E-state index contributed by atoms with van der Waals surface area (Å²) in [6.07, 6.45) is 0.957. The van der Waals surface area contributed by atoms with Gasteiger partial charge in [0.2, 0.25) is 0 Å². The number of aryl methyl sites for hydroxylation is 1. The van der Waals surface area contributed by atoms with Gasteiger partial charge < -0.3 is 5.11 Å². The zero-order valence-electron chi connectivity index (χ0n) is 10.8. The summed E-state index contributed by atoms with van der Waals surface area (Å²) in [5, 5.41) is 8.91. The summed E-state index contributed by atoms with van der Waals surface area (Å²) in [5.41, 5.74) is 2.39. The van der Waals surface area contributed by atoms with Crippen molar-refractivity contribution in [1.82, 2.24) is 4.90 Å². The SMILES string of the molecule is CCC(C)N(CC(=O)O)Cc1ccc(C)cc1. The molecule has 1 rings (SSSR count). The molecule has 0 aliphatic rings. The summed E-state index contributed by atoms with van der Waals surface area (Å²) in [5.74, 6) is -0.766. The van der Waals surface area contributed by atoms with E-state index in [1.54, 1.807) is 0 Å². The molecule has 1 N–H and O–H groups in total. The Balaban J connectivity index is 2.71. The lowest BCUT2D eigenvalue weighted by Crippen LogP contribution is -2.36. The van der Waals surface area contributed by atoms with Gasteiger partial charge in [-0.3, -0.25) is 9.69 Å². The minimum Gasteiger partial charge on any atom is -0.480 e. The second-order valence-electron chi connectivity index (χ2n) is 4.54. The molecule has 3 nitrogen and oxygen atoms in total. The van der Waals surface area contributed by atoms with Crippen LogP contribution in [0.2, 0.25) is 0 Å². The Bertz CT molecular complexity index is 359. The number of benzene rings is 1. The highest BCUT2D eigenvalue weighted by Crippen LogP contribution is 2.11. The Morgan fingerprint density at radius 3 is 2.41 bits per heavy atom. The van der Waals surface area contributed by atoms with Gasteiger partial charge in [0.05, 0.1) is 6.54 Å². The Kier molecular flexibility index (Phi) is 5.16. The van der Waals surface area contributed by atoms with Crippen molar-refractivity contribution in [3.05, 3.63) is 35.4 Å². The van der Waals surface area contributed by atoms with Crippen molar-refractivity contribution in [2.75, 3.05) is 6.54 Å². The van der Waals surface area contributed by atoms with E-state index in [2.05, 4.69) is 38.1 Å². The van der Waals surface area contributed by atoms with Crippen molar-refractivity contribution in [2.24, 2.45) is 0 Å². The lowest BCUT2D eigenvalue weighted by atomic mass is 10.1. The monoisotopic (exact) mass is 235 g/mol. The van der Waals surface area contributed by atoms with Crippen LogP contribution in [0.1, 0.15) is 31.4 Å². The summed E-state index contributed by atoms with van der Waals surface area (Å²) in [7, 11) is 0. The average Bonchev–Trinajstić information content (AvgIpc) is 2.29. The van der Waals surface area contributed by atoms with Gasteiger partial charge in [0.1, 0.15) is 0 Å². The molecule has 0 spiro atoms. The number of hydrogen-bond donors (Lipinski definition) is 1. The summed E-state index contributed by atoms with van der Waals surface area (Å²) in [4.78, 5) is 12.8. The molecule has 0 saturated carbocycles. The first-order chi connectivity index (χ1) is 8.02. The second-order valence-corrected chi connectivity index (χ2v) is 4.54. The van der Waals surface area contributed by atoms with E-state index in [4.69, 9.17) is 5.11 Å². The van der Waals surface area contributed by atoms with Gasteiger partial charge in [-0.05, 0) is 25.8 Å². The van der Waals surface area contributed by atoms with Crippen LogP contribution in [0.15, 0.2) is 24.3 Å². The molecule has 1 atom stereocenters. The van der Waals surface area contributed by atoms with Crippen molar-refractivity contribution >= 4 is 5.97 Å². The lowest BCUT2D eigenvalue weighted by Gasteiger charge is -2.26. The predicted octanol–water partition coefficient (Wildman–Crippen LogP) is 2.68. The molecule has 1 unspecified atom stereocenters. The Labute approximate surface area is 103 Å². The number of aliphatic carboxylic acids is 1. The molecule has 0 fully saturated rings. The lowest BCUT2D eigenvalue weighted by molar-refractivity contribution is -0.139. The Morgan fingerprint density at radius 2 is 1.94 bits per heavy atom. The molecular weight excluding hydrogens is 214 g/mol.